The molecular formula is C16H26N2. The van der Waals surface area contributed by atoms with Crippen LogP contribution in [0.1, 0.15) is 45.4 Å². The SMILES string of the molecule is CC\C=C/C(N)=C\C=C\C1CC[C@H]2CCCCN12. The lowest BCUT2D eigenvalue weighted by molar-refractivity contribution is 0.170. The first-order valence-electron chi connectivity index (χ1n) is 7.37. The predicted molar refractivity (Wildman–Crippen MR) is 78.2 cm³/mol. The van der Waals surface area contributed by atoms with Crippen molar-refractivity contribution < 1.29 is 0 Å². The summed E-state index contributed by atoms with van der Waals surface area (Å²) < 4.78 is 0. The molecule has 0 spiro atoms. The molecule has 2 aliphatic heterocycles. The molecule has 2 saturated heterocycles. The molecule has 0 aromatic rings. The van der Waals surface area contributed by atoms with Crippen LogP contribution in [0.2, 0.25) is 0 Å². The van der Waals surface area contributed by atoms with Gasteiger partial charge in [0, 0.05) is 17.8 Å². The fourth-order valence-corrected chi connectivity index (χ4v) is 3.11. The van der Waals surface area contributed by atoms with E-state index in [2.05, 4.69) is 30.1 Å². The Balaban J connectivity index is 1.87. The molecule has 0 bridgehead atoms. The zero-order valence-corrected chi connectivity index (χ0v) is 11.5. The Morgan fingerprint density at radius 3 is 3.00 bits per heavy atom. The first-order chi connectivity index (χ1) is 8.81. The molecule has 100 valence electrons. The number of allylic oxidation sites excluding steroid dienone is 4. The van der Waals surface area contributed by atoms with Crippen molar-refractivity contribution in [3.05, 3.63) is 36.1 Å². The number of hydrogen-bond donors (Lipinski definition) is 1. The molecular weight excluding hydrogens is 220 g/mol. The second-order valence-electron chi connectivity index (χ2n) is 5.39. The summed E-state index contributed by atoms with van der Waals surface area (Å²) in [4.78, 5) is 2.69. The van der Waals surface area contributed by atoms with Gasteiger partial charge in [0.15, 0.2) is 0 Å². The van der Waals surface area contributed by atoms with E-state index in [9.17, 15) is 0 Å². The first-order valence-corrected chi connectivity index (χ1v) is 7.37. The number of rotatable bonds is 4. The molecule has 0 aliphatic carbocycles. The van der Waals surface area contributed by atoms with E-state index in [1.54, 1.807) is 0 Å². The van der Waals surface area contributed by atoms with Gasteiger partial charge in [-0.05, 0) is 50.8 Å². The molecule has 2 nitrogen and oxygen atoms in total. The van der Waals surface area contributed by atoms with Crippen molar-refractivity contribution in [1.29, 1.82) is 0 Å². The molecule has 2 heterocycles. The third-order valence-electron chi connectivity index (χ3n) is 4.06. The van der Waals surface area contributed by atoms with Gasteiger partial charge in [-0.25, -0.2) is 0 Å². The van der Waals surface area contributed by atoms with Gasteiger partial charge in [-0.1, -0.05) is 31.6 Å². The Morgan fingerprint density at radius 1 is 1.28 bits per heavy atom. The largest absolute Gasteiger partial charge is 0.399 e. The van der Waals surface area contributed by atoms with Gasteiger partial charge in [-0.15, -0.1) is 0 Å². The van der Waals surface area contributed by atoms with Crippen LogP contribution in [-0.4, -0.2) is 23.5 Å². The standard InChI is InChI=1S/C16H26N2/c1-2-3-7-14(17)8-6-10-16-12-11-15-9-4-5-13-18(15)16/h3,6-8,10,15-16H,2,4-5,9,11-13,17H2,1H3/b7-3-,10-6+,14-8+/t15-,16?/m1/s1. The first kappa shape index (κ1) is 13.4. The summed E-state index contributed by atoms with van der Waals surface area (Å²) in [5.74, 6) is 0. The normalized spacial score (nSPS) is 30.4. The summed E-state index contributed by atoms with van der Waals surface area (Å²) in [6.07, 6.45) is 18.5. The van der Waals surface area contributed by atoms with E-state index in [0.717, 1.165) is 18.2 Å². The molecule has 0 aromatic heterocycles. The molecule has 0 aromatic carbocycles. The van der Waals surface area contributed by atoms with Gasteiger partial charge in [0.05, 0.1) is 0 Å². The van der Waals surface area contributed by atoms with Gasteiger partial charge >= 0.3 is 0 Å². The highest BCUT2D eigenvalue weighted by molar-refractivity contribution is 5.21. The van der Waals surface area contributed by atoms with Gasteiger partial charge in [0.1, 0.15) is 0 Å². The number of fused-ring (bicyclic) bond motifs is 1. The number of nitrogens with two attached hydrogens (primary N) is 1. The second kappa shape index (κ2) is 6.79. The molecule has 2 fully saturated rings. The molecule has 0 amide bonds. The average molecular weight is 246 g/mol. The Bertz CT molecular complexity index is 341. The van der Waals surface area contributed by atoms with E-state index in [-0.39, 0.29) is 0 Å². The van der Waals surface area contributed by atoms with Gasteiger partial charge in [-0.2, -0.15) is 0 Å². The highest BCUT2D eigenvalue weighted by atomic mass is 15.2. The van der Waals surface area contributed by atoms with Gasteiger partial charge in [0.25, 0.3) is 0 Å². The van der Waals surface area contributed by atoms with Crippen molar-refractivity contribution >= 4 is 0 Å². The van der Waals surface area contributed by atoms with Crippen LogP contribution >= 0.6 is 0 Å². The van der Waals surface area contributed by atoms with Crippen LogP contribution in [0.4, 0.5) is 0 Å². The number of piperidine rings is 1. The van der Waals surface area contributed by atoms with Crippen LogP contribution in [0.15, 0.2) is 36.1 Å². The fraction of sp³-hybridized carbons (Fsp3) is 0.625. The minimum atomic E-state index is 0.648. The van der Waals surface area contributed by atoms with Gasteiger partial charge in [-0.3, -0.25) is 4.90 Å². The zero-order chi connectivity index (χ0) is 12.8. The van der Waals surface area contributed by atoms with Crippen molar-refractivity contribution in [2.24, 2.45) is 5.73 Å². The highest BCUT2D eigenvalue weighted by Crippen LogP contribution is 2.31. The monoisotopic (exact) mass is 246 g/mol. The van der Waals surface area contributed by atoms with Crippen molar-refractivity contribution in [3.63, 3.8) is 0 Å². The molecule has 2 atom stereocenters. The third-order valence-corrected chi connectivity index (χ3v) is 4.06. The summed E-state index contributed by atoms with van der Waals surface area (Å²) in [6, 6.07) is 1.50. The molecule has 0 radical (unpaired) electrons. The summed E-state index contributed by atoms with van der Waals surface area (Å²) >= 11 is 0. The van der Waals surface area contributed by atoms with E-state index in [1.807, 2.05) is 12.2 Å². The van der Waals surface area contributed by atoms with E-state index >= 15 is 0 Å². The topological polar surface area (TPSA) is 29.3 Å². The van der Waals surface area contributed by atoms with E-state index < -0.39 is 0 Å². The maximum absolute atomic E-state index is 5.89. The summed E-state index contributed by atoms with van der Waals surface area (Å²) in [5, 5.41) is 0. The van der Waals surface area contributed by atoms with Crippen LogP contribution in [0.3, 0.4) is 0 Å². The lowest BCUT2D eigenvalue weighted by atomic mass is 10.0. The number of hydrogen-bond acceptors (Lipinski definition) is 2. The Hall–Kier alpha value is -1.02. The minimum Gasteiger partial charge on any atom is -0.399 e. The predicted octanol–water partition coefficient (Wildman–Crippen LogP) is 3.37. The molecule has 2 rings (SSSR count). The van der Waals surface area contributed by atoms with Crippen molar-refractivity contribution in [2.45, 2.75) is 57.5 Å². The van der Waals surface area contributed by atoms with Crippen molar-refractivity contribution in [3.8, 4) is 0 Å². The maximum Gasteiger partial charge on any atom is 0.0310 e. The molecule has 2 heteroatoms. The Morgan fingerprint density at radius 2 is 2.17 bits per heavy atom. The summed E-state index contributed by atoms with van der Waals surface area (Å²) in [7, 11) is 0. The quantitative estimate of drug-likeness (QED) is 0.771. The molecule has 18 heavy (non-hydrogen) atoms. The number of nitrogens with zero attached hydrogens (tertiary/aromatic N) is 1. The molecule has 1 unspecified atom stereocenters. The van der Waals surface area contributed by atoms with E-state index in [1.165, 1.54) is 38.6 Å². The maximum atomic E-state index is 5.89. The Labute approximate surface area is 111 Å². The van der Waals surface area contributed by atoms with Gasteiger partial charge < -0.3 is 5.73 Å². The van der Waals surface area contributed by atoms with Crippen LogP contribution in [-0.2, 0) is 0 Å². The summed E-state index contributed by atoms with van der Waals surface area (Å²) in [6.45, 7) is 3.41. The zero-order valence-electron chi connectivity index (χ0n) is 11.5. The molecule has 2 N–H and O–H groups in total. The highest BCUT2D eigenvalue weighted by Gasteiger charge is 2.32. The van der Waals surface area contributed by atoms with E-state index in [4.69, 9.17) is 5.73 Å². The lowest BCUT2D eigenvalue weighted by Crippen LogP contribution is -2.38. The lowest BCUT2D eigenvalue weighted by Gasteiger charge is -2.32. The van der Waals surface area contributed by atoms with Crippen molar-refractivity contribution in [2.75, 3.05) is 6.54 Å². The smallest absolute Gasteiger partial charge is 0.0310 e. The fourth-order valence-electron chi connectivity index (χ4n) is 3.11. The van der Waals surface area contributed by atoms with Crippen LogP contribution < -0.4 is 5.73 Å². The van der Waals surface area contributed by atoms with Crippen LogP contribution in [0.25, 0.3) is 0 Å². The van der Waals surface area contributed by atoms with Crippen LogP contribution in [0, 0.1) is 0 Å². The van der Waals surface area contributed by atoms with Crippen molar-refractivity contribution in [1.82, 2.24) is 4.90 Å². The average Bonchev–Trinajstić information content (AvgIpc) is 2.80. The van der Waals surface area contributed by atoms with Crippen LogP contribution in [0.5, 0.6) is 0 Å². The second-order valence-corrected chi connectivity index (χ2v) is 5.39. The minimum absolute atomic E-state index is 0.648. The van der Waals surface area contributed by atoms with Gasteiger partial charge in [0.2, 0.25) is 0 Å². The third kappa shape index (κ3) is 3.49. The molecule has 2 aliphatic rings. The summed E-state index contributed by atoms with van der Waals surface area (Å²) in [5.41, 5.74) is 6.73. The molecule has 0 saturated carbocycles. The Kier molecular flexibility index (Phi) is 5.06. The van der Waals surface area contributed by atoms with E-state index in [0.29, 0.717) is 6.04 Å².